The van der Waals surface area contributed by atoms with Crippen molar-refractivity contribution in [2.75, 3.05) is 69.4 Å². The van der Waals surface area contributed by atoms with Crippen LogP contribution in [0.5, 0.6) is 11.8 Å². The molecule has 0 unspecified atom stereocenters. The molecule has 3 fully saturated rings. The molecule has 208 valence electrons. The number of rotatable bonds is 8. The van der Waals surface area contributed by atoms with Gasteiger partial charge in [0.1, 0.15) is 18.2 Å². The van der Waals surface area contributed by atoms with Crippen molar-refractivity contribution in [3.05, 3.63) is 24.8 Å². The zero-order valence-corrected chi connectivity index (χ0v) is 21.8. The number of amides is 1. The van der Waals surface area contributed by atoms with Crippen molar-refractivity contribution in [3.8, 4) is 11.8 Å². The molecule has 0 aromatic carbocycles. The van der Waals surface area contributed by atoms with Gasteiger partial charge in [0.25, 0.3) is 5.91 Å². The maximum atomic E-state index is 12.2. The average Bonchev–Trinajstić information content (AvgIpc) is 3.48. The maximum absolute atomic E-state index is 12.2. The Labute approximate surface area is 225 Å². The van der Waals surface area contributed by atoms with Crippen LogP contribution in [0.1, 0.15) is 25.7 Å². The fraction of sp³-hybridized carbons (Fsp3) is 0.600. The number of aromatic nitrogens is 6. The first-order chi connectivity index (χ1) is 19.2. The Bertz CT molecular complexity index is 1240. The molecule has 39 heavy (non-hydrogen) atoms. The zero-order chi connectivity index (χ0) is 26.4. The van der Waals surface area contributed by atoms with Gasteiger partial charge >= 0.3 is 6.01 Å². The Balaban J connectivity index is 0.987. The number of ether oxygens (including phenoxy) is 4. The number of anilines is 2. The Hall–Kier alpha value is -3.78. The molecule has 1 N–H and O–H groups in total. The highest BCUT2D eigenvalue weighted by Gasteiger charge is 2.25. The van der Waals surface area contributed by atoms with Crippen LogP contribution in [-0.4, -0.2) is 112 Å². The number of nitrogens with zero attached hydrogens (tertiary/aromatic N) is 8. The van der Waals surface area contributed by atoms with Crippen LogP contribution in [0, 0.1) is 0 Å². The third-order valence-electron chi connectivity index (χ3n) is 7.19. The lowest BCUT2D eigenvalue weighted by molar-refractivity contribution is -0.137. The van der Waals surface area contributed by atoms with Gasteiger partial charge < -0.3 is 34.1 Å². The van der Waals surface area contributed by atoms with Crippen molar-refractivity contribution in [2.45, 2.75) is 37.8 Å². The van der Waals surface area contributed by atoms with Crippen LogP contribution in [-0.2, 0) is 14.3 Å². The van der Waals surface area contributed by atoms with Crippen molar-refractivity contribution < 1.29 is 23.7 Å². The van der Waals surface area contributed by atoms with Gasteiger partial charge in [0.15, 0.2) is 18.0 Å². The van der Waals surface area contributed by atoms with Gasteiger partial charge in [-0.25, -0.2) is 15.0 Å². The molecule has 2 saturated heterocycles. The molecule has 5 heterocycles. The Kier molecular flexibility index (Phi) is 7.81. The molecule has 1 aliphatic carbocycles. The fourth-order valence-corrected chi connectivity index (χ4v) is 4.99. The highest BCUT2D eigenvalue weighted by Crippen LogP contribution is 2.27. The summed E-state index contributed by atoms with van der Waals surface area (Å²) >= 11 is 0. The van der Waals surface area contributed by atoms with Crippen molar-refractivity contribution in [1.82, 2.24) is 34.4 Å². The Morgan fingerprint density at radius 3 is 2.44 bits per heavy atom. The molecule has 2 aliphatic heterocycles. The van der Waals surface area contributed by atoms with E-state index in [1.807, 2.05) is 6.07 Å². The lowest BCUT2D eigenvalue weighted by Gasteiger charge is -2.30. The number of carbonyl (C=O) groups excluding carboxylic acids is 1. The molecule has 3 aromatic heterocycles. The molecule has 14 nitrogen and oxygen atoms in total. The largest absolute Gasteiger partial charge is 0.481 e. The van der Waals surface area contributed by atoms with E-state index in [1.165, 1.54) is 6.33 Å². The van der Waals surface area contributed by atoms with Crippen molar-refractivity contribution in [2.24, 2.45) is 0 Å². The van der Waals surface area contributed by atoms with E-state index in [2.05, 4.69) is 30.3 Å². The summed E-state index contributed by atoms with van der Waals surface area (Å²) in [4.78, 5) is 34.0. The smallest absolute Gasteiger partial charge is 0.321 e. The van der Waals surface area contributed by atoms with Crippen LogP contribution in [0.3, 0.4) is 0 Å². The monoisotopic (exact) mass is 539 g/mol. The van der Waals surface area contributed by atoms with Crippen molar-refractivity contribution in [3.63, 3.8) is 0 Å². The van der Waals surface area contributed by atoms with Crippen molar-refractivity contribution in [1.29, 1.82) is 0 Å². The summed E-state index contributed by atoms with van der Waals surface area (Å²) in [7, 11) is 0. The number of hydrogen-bond donors (Lipinski definition) is 1. The topological polar surface area (TPSA) is 141 Å². The zero-order valence-electron chi connectivity index (χ0n) is 21.8. The van der Waals surface area contributed by atoms with E-state index in [4.69, 9.17) is 23.9 Å². The van der Waals surface area contributed by atoms with Gasteiger partial charge in [-0.3, -0.25) is 4.79 Å². The number of hydrogen-bond acceptors (Lipinski definition) is 12. The van der Waals surface area contributed by atoms with E-state index in [9.17, 15) is 4.79 Å². The van der Waals surface area contributed by atoms with Gasteiger partial charge in [0.2, 0.25) is 5.95 Å². The number of carbonyl (C=O) groups is 1. The van der Waals surface area contributed by atoms with E-state index < -0.39 is 0 Å². The van der Waals surface area contributed by atoms with Gasteiger partial charge in [-0.2, -0.15) is 14.6 Å². The summed E-state index contributed by atoms with van der Waals surface area (Å²) in [5.74, 6) is 1.77. The highest BCUT2D eigenvalue weighted by atomic mass is 16.5. The standard InChI is InChI=1S/C25H33N9O5/c35-23(33-7-11-37-12-8-33)16-38-20-14-26-24(27-15-20)30-18-1-3-19(4-2-18)39-25-31-22(32-5-9-36-10-6-32)13-21-28-17-29-34(21)25/h13-15,17-19H,1-12,16H2,(H,26,27,30)/t18-,19+. The predicted molar refractivity (Wildman–Crippen MR) is 139 cm³/mol. The summed E-state index contributed by atoms with van der Waals surface area (Å²) in [6, 6.07) is 2.64. The van der Waals surface area contributed by atoms with Gasteiger partial charge in [0.05, 0.1) is 38.8 Å². The minimum Gasteiger partial charge on any atom is -0.481 e. The van der Waals surface area contributed by atoms with Crippen LogP contribution in [0.25, 0.3) is 5.65 Å². The summed E-state index contributed by atoms with van der Waals surface area (Å²) in [5, 5.41) is 7.71. The first kappa shape index (κ1) is 25.5. The molecule has 3 aromatic rings. The van der Waals surface area contributed by atoms with Crippen LogP contribution in [0.2, 0.25) is 0 Å². The van der Waals surface area contributed by atoms with E-state index in [-0.39, 0.29) is 24.7 Å². The lowest BCUT2D eigenvalue weighted by Crippen LogP contribution is -2.43. The quantitative estimate of drug-likeness (QED) is 0.433. The second kappa shape index (κ2) is 11.9. The molecule has 0 bridgehead atoms. The second-order valence-corrected chi connectivity index (χ2v) is 9.79. The van der Waals surface area contributed by atoms with Gasteiger partial charge in [-0.05, 0) is 25.7 Å². The molecule has 0 radical (unpaired) electrons. The summed E-state index contributed by atoms with van der Waals surface area (Å²) in [6.45, 7) is 5.22. The number of nitrogens with one attached hydrogen (secondary N) is 1. The second-order valence-electron chi connectivity index (χ2n) is 9.79. The van der Waals surface area contributed by atoms with Crippen molar-refractivity contribution >= 4 is 23.3 Å². The van der Waals surface area contributed by atoms with Crippen LogP contribution >= 0.6 is 0 Å². The van der Waals surface area contributed by atoms with E-state index in [1.54, 1.807) is 21.8 Å². The summed E-state index contributed by atoms with van der Waals surface area (Å²) < 4.78 is 24.3. The van der Waals surface area contributed by atoms with E-state index in [0.717, 1.165) is 44.6 Å². The minimum atomic E-state index is -0.0629. The Morgan fingerprint density at radius 1 is 0.974 bits per heavy atom. The summed E-state index contributed by atoms with van der Waals surface area (Å²) in [6.07, 6.45) is 8.27. The number of morpholine rings is 2. The van der Waals surface area contributed by atoms with Crippen LogP contribution < -0.4 is 19.7 Å². The molecule has 6 rings (SSSR count). The molecule has 1 amide bonds. The first-order valence-corrected chi connectivity index (χ1v) is 13.5. The summed E-state index contributed by atoms with van der Waals surface area (Å²) in [5.41, 5.74) is 0.715. The molecule has 3 aliphatic rings. The van der Waals surface area contributed by atoms with E-state index in [0.29, 0.717) is 62.9 Å². The molecular weight excluding hydrogens is 506 g/mol. The van der Waals surface area contributed by atoms with Gasteiger partial charge in [-0.15, -0.1) is 0 Å². The minimum absolute atomic E-state index is 0.0311. The molecule has 1 saturated carbocycles. The third kappa shape index (κ3) is 6.28. The molecule has 14 heteroatoms. The fourth-order valence-electron chi connectivity index (χ4n) is 4.99. The first-order valence-electron chi connectivity index (χ1n) is 13.5. The van der Waals surface area contributed by atoms with Crippen LogP contribution in [0.4, 0.5) is 11.8 Å². The maximum Gasteiger partial charge on any atom is 0.321 e. The Morgan fingerprint density at radius 2 is 1.69 bits per heavy atom. The highest BCUT2D eigenvalue weighted by molar-refractivity contribution is 5.77. The van der Waals surface area contributed by atoms with Gasteiger partial charge in [0, 0.05) is 38.3 Å². The van der Waals surface area contributed by atoms with E-state index >= 15 is 0 Å². The molecule has 0 spiro atoms. The predicted octanol–water partition coefficient (Wildman–Crippen LogP) is 0.791. The molecular formula is C25H33N9O5. The lowest BCUT2D eigenvalue weighted by atomic mass is 9.93. The van der Waals surface area contributed by atoms with Crippen LogP contribution in [0.15, 0.2) is 24.8 Å². The molecule has 0 atom stereocenters. The van der Waals surface area contributed by atoms with Gasteiger partial charge in [-0.1, -0.05) is 0 Å². The third-order valence-corrected chi connectivity index (χ3v) is 7.19. The normalized spacial score (nSPS) is 22.1. The number of fused-ring (bicyclic) bond motifs is 1. The average molecular weight is 540 g/mol. The SMILES string of the molecule is O=C(COc1cnc(N[C@H]2CC[C@@H](Oc3nc(N4CCOCC4)cc4ncnn34)CC2)nc1)N1CCOCC1.